The Morgan fingerprint density at radius 1 is 1.27 bits per heavy atom. The third-order valence-corrected chi connectivity index (χ3v) is 2.52. The normalized spacial score (nSPS) is 33.8. The topological polar surface area (TPSA) is 12.0 Å². The van der Waals surface area contributed by atoms with Crippen molar-refractivity contribution in [2.24, 2.45) is 11.3 Å². The minimum atomic E-state index is -0.632. The Morgan fingerprint density at radius 3 is 2.27 bits per heavy atom. The fourth-order valence-electron chi connectivity index (χ4n) is 1.55. The van der Waals surface area contributed by atoms with Crippen molar-refractivity contribution in [2.75, 3.05) is 13.1 Å². The second kappa shape index (κ2) is 3.10. The first-order chi connectivity index (χ1) is 5.00. The maximum absolute atomic E-state index is 12.9. The second-order valence-electron chi connectivity index (χ2n) is 4.55. The summed E-state index contributed by atoms with van der Waals surface area (Å²) in [5, 5.41) is 3.12. The van der Waals surface area contributed by atoms with Crippen LogP contribution in [-0.4, -0.2) is 19.3 Å². The molecule has 0 aliphatic carbocycles. The Kier molecular flexibility index (Phi) is 2.53. The average molecular weight is 159 g/mol. The maximum Gasteiger partial charge on any atom is 0.113 e. The van der Waals surface area contributed by atoms with Gasteiger partial charge >= 0.3 is 0 Å². The quantitative estimate of drug-likeness (QED) is 0.570. The first kappa shape index (κ1) is 8.98. The number of hydrogen-bond acceptors (Lipinski definition) is 1. The lowest BCUT2D eigenvalue weighted by atomic mass is 9.76. The van der Waals surface area contributed by atoms with E-state index in [2.05, 4.69) is 26.1 Å². The van der Waals surface area contributed by atoms with Gasteiger partial charge in [0.25, 0.3) is 0 Å². The van der Waals surface area contributed by atoms with Gasteiger partial charge in [-0.1, -0.05) is 20.8 Å². The Bertz CT molecular complexity index is 128. The van der Waals surface area contributed by atoms with Gasteiger partial charge in [0, 0.05) is 6.54 Å². The van der Waals surface area contributed by atoms with Crippen LogP contribution in [0, 0.1) is 11.3 Å². The van der Waals surface area contributed by atoms with Crippen LogP contribution in [0.4, 0.5) is 4.39 Å². The van der Waals surface area contributed by atoms with Gasteiger partial charge in [-0.15, -0.1) is 0 Å². The van der Waals surface area contributed by atoms with Gasteiger partial charge in [-0.2, -0.15) is 0 Å². The van der Waals surface area contributed by atoms with Crippen LogP contribution < -0.4 is 5.32 Å². The molecule has 0 saturated carbocycles. The Labute approximate surface area is 68.4 Å². The summed E-state index contributed by atoms with van der Waals surface area (Å²) in [5.41, 5.74) is 0.248. The molecule has 2 heteroatoms. The highest BCUT2D eigenvalue weighted by molar-refractivity contribution is 4.83. The molecule has 1 fully saturated rings. The SMILES string of the molecule is CC(C)(C)C1CNCC(F)C1. The number of halogens is 1. The van der Waals surface area contributed by atoms with E-state index in [1.165, 1.54) is 0 Å². The third-order valence-electron chi connectivity index (χ3n) is 2.52. The third kappa shape index (κ3) is 2.44. The molecule has 2 atom stereocenters. The summed E-state index contributed by atoms with van der Waals surface area (Å²) in [4.78, 5) is 0. The van der Waals surface area contributed by atoms with Crippen molar-refractivity contribution in [1.29, 1.82) is 0 Å². The summed E-state index contributed by atoms with van der Waals surface area (Å²) in [6.45, 7) is 8.06. The van der Waals surface area contributed by atoms with Crippen molar-refractivity contribution >= 4 is 0 Å². The maximum atomic E-state index is 12.9. The molecule has 11 heavy (non-hydrogen) atoms. The molecule has 1 aliphatic rings. The van der Waals surface area contributed by atoms with Crippen LogP contribution in [0.3, 0.4) is 0 Å². The molecule has 0 bridgehead atoms. The Balaban J connectivity index is 2.46. The van der Waals surface area contributed by atoms with Crippen LogP contribution >= 0.6 is 0 Å². The number of nitrogens with one attached hydrogen (secondary N) is 1. The lowest BCUT2D eigenvalue weighted by Crippen LogP contribution is -2.42. The van der Waals surface area contributed by atoms with Gasteiger partial charge in [0.05, 0.1) is 0 Å². The van der Waals surface area contributed by atoms with Gasteiger partial charge in [0.2, 0.25) is 0 Å². The van der Waals surface area contributed by atoms with Crippen molar-refractivity contribution in [3.63, 3.8) is 0 Å². The molecule has 2 unspecified atom stereocenters. The zero-order chi connectivity index (χ0) is 8.48. The lowest BCUT2D eigenvalue weighted by molar-refractivity contribution is 0.130. The van der Waals surface area contributed by atoms with E-state index in [1.807, 2.05) is 0 Å². The zero-order valence-electron chi connectivity index (χ0n) is 7.65. The molecule has 66 valence electrons. The minimum absolute atomic E-state index is 0.248. The second-order valence-corrected chi connectivity index (χ2v) is 4.55. The van der Waals surface area contributed by atoms with Crippen molar-refractivity contribution in [3.8, 4) is 0 Å². The molecule has 1 nitrogen and oxygen atoms in total. The highest BCUT2D eigenvalue weighted by Gasteiger charge is 2.30. The van der Waals surface area contributed by atoms with Gasteiger partial charge in [0.15, 0.2) is 0 Å². The predicted molar refractivity (Wildman–Crippen MR) is 45.3 cm³/mol. The molecular weight excluding hydrogens is 141 g/mol. The molecule has 1 rings (SSSR count). The highest BCUT2D eigenvalue weighted by atomic mass is 19.1. The Morgan fingerprint density at radius 2 is 1.91 bits per heavy atom. The Hall–Kier alpha value is -0.110. The van der Waals surface area contributed by atoms with E-state index in [4.69, 9.17) is 0 Å². The van der Waals surface area contributed by atoms with Crippen LogP contribution in [0.25, 0.3) is 0 Å². The van der Waals surface area contributed by atoms with E-state index in [0.29, 0.717) is 12.5 Å². The molecule has 1 N–H and O–H groups in total. The summed E-state index contributed by atoms with van der Waals surface area (Å²) in [7, 11) is 0. The van der Waals surface area contributed by atoms with Crippen LogP contribution in [-0.2, 0) is 0 Å². The van der Waals surface area contributed by atoms with Crippen molar-refractivity contribution in [2.45, 2.75) is 33.4 Å². The van der Waals surface area contributed by atoms with Gasteiger partial charge in [0.1, 0.15) is 6.17 Å². The van der Waals surface area contributed by atoms with Crippen LogP contribution in [0.1, 0.15) is 27.2 Å². The molecular formula is C9H18FN. The average Bonchev–Trinajstić information content (AvgIpc) is 1.86. The summed E-state index contributed by atoms with van der Waals surface area (Å²) in [6.07, 6.45) is 0.101. The van der Waals surface area contributed by atoms with Crippen LogP contribution in [0.15, 0.2) is 0 Å². The molecule has 0 aromatic carbocycles. The lowest BCUT2D eigenvalue weighted by Gasteiger charge is -2.35. The van der Waals surface area contributed by atoms with Gasteiger partial charge in [-0.05, 0) is 24.3 Å². The van der Waals surface area contributed by atoms with E-state index in [0.717, 1.165) is 13.0 Å². The molecule has 0 spiro atoms. The van der Waals surface area contributed by atoms with Crippen molar-refractivity contribution in [1.82, 2.24) is 5.32 Å². The molecule has 1 heterocycles. The number of hydrogen-bond donors (Lipinski definition) is 1. The molecule has 1 aliphatic heterocycles. The van der Waals surface area contributed by atoms with E-state index >= 15 is 0 Å². The summed E-state index contributed by atoms with van der Waals surface area (Å²) < 4.78 is 12.9. The predicted octanol–water partition coefficient (Wildman–Crippen LogP) is 1.98. The van der Waals surface area contributed by atoms with E-state index in [-0.39, 0.29) is 5.41 Å². The smallest absolute Gasteiger partial charge is 0.113 e. The summed E-state index contributed by atoms with van der Waals surface area (Å²) in [5.74, 6) is 0.492. The van der Waals surface area contributed by atoms with E-state index in [9.17, 15) is 4.39 Å². The molecule has 0 radical (unpaired) electrons. The number of piperidine rings is 1. The zero-order valence-corrected chi connectivity index (χ0v) is 7.65. The van der Waals surface area contributed by atoms with Crippen molar-refractivity contribution < 1.29 is 4.39 Å². The van der Waals surface area contributed by atoms with Gasteiger partial charge in [-0.25, -0.2) is 4.39 Å². The first-order valence-electron chi connectivity index (χ1n) is 4.35. The fraction of sp³-hybridized carbons (Fsp3) is 1.00. The summed E-state index contributed by atoms with van der Waals surface area (Å²) in [6, 6.07) is 0. The fourth-order valence-corrected chi connectivity index (χ4v) is 1.55. The summed E-state index contributed by atoms with van der Waals surface area (Å²) >= 11 is 0. The van der Waals surface area contributed by atoms with Crippen LogP contribution in [0.2, 0.25) is 0 Å². The largest absolute Gasteiger partial charge is 0.314 e. The van der Waals surface area contributed by atoms with E-state index < -0.39 is 6.17 Å². The molecule has 0 aromatic rings. The standard InChI is InChI=1S/C9H18FN/c1-9(2,3)7-4-8(10)6-11-5-7/h7-8,11H,4-6H2,1-3H3. The van der Waals surface area contributed by atoms with Gasteiger partial charge < -0.3 is 5.32 Å². The molecule has 1 saturated heterocycles. The number of rotatable bonds is 0. The van der Waals surface area contributed by atoms with Crippen molar-refractivity contribution in [3.05, 3.63) is 0 Å². The van der Waals surface area contributed by atoms with Gasteiger partial charge in [-0.3, -0.25) is 0 Å². The van der Waals surface area contributed by atoms with E-state index in [1.54, 1.807) is 0 Å². The van der Waals surface area contributed by atoms with Crippen LogP contribution in [0.5, 0.6) is 0 Å². The monoisotopic (exact) mass is 159 g/mol. The molecule has 0 amide bonds. The molecule has 0 aromatic heterocycles. The first-order valence-corrected chi connectivity index (χ1v) is 4.35. The minimum Gasteiger partial charge on any atom is -0.314 e. The highest BCUT2D eigenvalue weighted by Crippen LogP contribution is 2.31. The number of alkyl halides is 1.